The van der Waals surface area contributed by atoms with Crippen LogP contribution in [0.1, 0.15) is 90.1 Å². The second kappa shape index (κ2) is 11.9. The molecule has 0 bridgehead atoms. The van der Waals surface area contributed by atoms with Crippen LogP contribution >= 0.6 is 11.6 Å². The molecule has 0 atom stereocenters. The van der Waals surface area contributed by atoms with E-state index in [0.717, 1.165) is 5.02 Å². The lowest BCUT2D eigenvalue weighted by atomic mass is 9.87. The molecule has 0 aliphatic carbocycles. The molecule has 180 valence electrons. The van der Waals surface area contributed by atoms with Crippen LogP contribution in [0.15, 0.2) is 72.8 Å². The summed E-state index contributed by atoms with van der Waals surface area (Å²) in [4.78, 5) is 0. The molecule has 0 N–H and O–H groups in total. The Kier molecular flexibility index (Phi) is 10.4. The van der Waals surface area contributed by atoms with E-state index in [1.54, 1.807) is 0 Å². The Balaban J connectivity index is 0.000000247. The number of aryl methyl sites for hydroxylation is 2. The van der Waals surface area contributed by atoms with E-state index >= 15 is 0 Å². The van der Waals surface area contributed by atoms with Crippen LogP contribution in [0.4, 0.5) is 0 Å². The first-order valence-electron chi connectivity index (χ1n) is 11.9. The summed E-state index contributed by atoms with van der Waals surface area (Å²) in [6, 6.07) is 25.5. The number of hydrogen-bond donors (Lipinski definition) is 0. The van der Waals surface area contributed by atoms with Crippen LogP contribution in [-0.2, 0) is 16.2 Å². The van der Waals surface area contributed by atoms with Gasteiger partial charge in [0.25, 0.3) is 0 Å². The second-order valence-corrected chi connectivity index (χ2v) is 12.4. The molecular weight excluding hydrogens is 420 g/mol. The van der Waals surface area contributed by atoms with Gasteiger partial charge in [-0.05, 0) is 58.9 Å². The molecule has 3 aromatic carbocycles. The Morgan fingerprint density at radius 3 is 0.818 bits per heavy atom. The second-order valence-electron chi connectivity index (χ2n) is 12.0. The van der Waals surface area contributed by atoms with Gasteiger partial charge in [-0.3, -0.25) is 0 Å². The van der Waals surface area contributed by atoms with Crippen molar-refractivity contribution in [3.05, 3.63) is 106 Å². The lowest BCUT2D eigenvalue weighted by Crippen LogP contribution is -2.10. The molecule has 0 heterocycles. The first-order valence-corrected chi connectivity index (χ1v) is 12.3. The molecule has 0 nitrogen and oxygen atoms in total. The van der Waals surface area contributed by atoms with E-state index in [0.29, 0.717) is 0 Å². The van der Waals surface area contributed by atoms with Crippen molar-refractivity contribution in [3.63, 3.8) is 0 Å². The molecule has 0 aromatic heterocycles. The molecule has 0 saturated carbocycles. The monoisotopic (exact) mass is 464 g/mol. The van der Waals surface area contributed by atoms with E-state index in [1.165, 1.54) is 27.8 Å². The van der Waals surface area contributed by atoms with Crippen molar-refractivity contribution in [2.45, 2.75) is 92.4 Å². The summed E-state index contributed by atoms with van der Waals surface area (Å²) in [5, 5.41) is 0.804. The molecule has 0 amide bonds. The van der Waals surface area contributed by atoms with E-state index in [2.05, 4.69) is 137 Å². The molecule has 3 rings (SSSR count). The highest BCUT2D eigenvalue weighted by atomic mass is 35.5. The summed E-state index contributed by atoms with van der Waals surface area (Å²) in [7, 11) is 0. The smallest absolute Gasteiger partial charge is 0.0406 e. The molecule has 33 heavy (non-hydrogen) atoms. The van der Waals surface area contributed by atoms with Crippen LogP contribution < -0.4 is 0 Å². The maximum Gasteiger partial charge on any atom is 0.0406 e. The molecule has 0 unspecified atom stereocenters. The molecule has 0 fully saturated rings. The van der Waals surface area contributed by atoms with Crippen molar-refractivity contribution in [2.75, 3.05) is 0 Å². The van der Waals surface area contributed by atoms with Gasteiger partial charge in [-0.25, -0.2) is 0 Å². The summed E-state index contributed by atoms with van der Waals surface area (Å²) in [5.41, 5.74) is 7.59. The van der Waals surface area contributed by atoms with Gasteiger partial charge in [-0.2, -0.15) is 0 Å². The molecule has 3 aromatic rings. The van der Waals surface area contributed by atoms with Crippen molar-refractivity contribution in [3.8, 4) is 0 Å². The van der Waals surface area contributed by atoms with Gasteiger partial charge in [0.05, 0.1) is 0 Å². The van der Waals surface area contributed by atoms with Gasteiger partial charge in [-0.1, -0.05) is 146 Å². The fraction of sp³-hybridized carbons (Fsp3) is 0.438. The predicted molar refractivity (Wildman–Crippen MR) is 150 cm³/mol. The standard InChI is InChI=1S/2C11H16.C10H13Cl/c2*1-9-5-7-10(8-6-9)11(2,3)4;1-10(2,3)8-4-6-9(11)7-5-8/h2*5-8H,1-4H3;4-7H,1-3H3. The summed E-state index contributed by atoms with van der Waals surface area (Å²) in [5.74, 6) is 0. The molecule has 0 spiro atoms. The Bertz CT molecular complexity index is 808. The molecule has 0 aliphatic heterocycles. The van der Waals surface area contributed by atoms with Crippen LogP contribution in [0.5, 0.6) is 0 Å². The van der Waals surface area contributed by atoms with E-state index in [4.69, 9.17) is 11.6 Å². The predicted octanol–water partition coefficient (Wildman–Crippen LogP) is 10.2. The van der Waals surface area contributed by atoms with E-state index in [1.807, 2.05) is 12.1 Å². The topological polar surface area (TPSA) is 0 Å². The zero-order chi connectivity index (χ0) is 25.4. The third-order valence-corrected chi connectivity index (χ3v) is 5.80. The van der Waals surface area contributed by atoms with Gasteiger partial charge in [0, 0.05) is 5.02 Å². The molecule has 1 heteroatoms. The largest absolute Gasteiger partial charge is 0.0843 e. The van der Waals surface area contributed by atoms with Crippen molar-refractivity contribution in [1.29, 1.82) is 0 Å². The van der Waals surface area contributed by atoms with Crippen LogP contribution in [0, 0.1) is 13.8 Å². The SMILES string of the molecule is CC(C)(C)c1ccc(Cl)cc1.Cc1ccc(C(C)(C)C)cc1.Cc1ccc(C(C)(C)C)cc1. The fourth-order valence-electron chi connectivity index (χ4n) is 3.06. The van der Waals surface area contributed by atoms with Gasteiger partial charge < -0.3 is 0 Å². The molecule has 0 saturated heterocycles. The summed E-state index contributed by atoms with van der Waals surface area (Å²) in [6.07, 6.45) is 0. The minimum absolute atomic E-state index is 0.227. The summed E-state index contributed by atoms with van der Waals surface area (Å²) < 4.78 is 0. The van der Waals surface area contributed by atoms with Crippen molar-refractivity contribution >= 4 is 11.6 Å². The zero-order valence-electron chi connectivity index (χ0n) is 22.8. The minimum Gasteiger partial charge on any atom is -0.0843 e. The maximum atomic E-state index is 5.76. The van der Waals surface area contributed by atoms with E-state index in [-0.39, 0.29) is 16.2 Å². The third-order valence-electron chi connectivity index (χ3n) is 5.55. The summed E-state index contributed by atoms with van der Waals surface area (Å²) >= 11 is 5.76. The quantitative estimate of drug-likeness (QED) is 0.310. The minimum atomic E-state index is 0.227. The summed E-state index contributed by atoms with van der Waals surface area (Å²) in [6.45, 7) is 24.2. The number of halogens is 1. The first kappa shape index (κ1) is 29.0. The van der Waals surface area contributed by atoms with Crippen molar-refractivity contribution in [1.82, 2.24) is 0 Å². The van der Waals surface area contributed by atoms with Crippen LogP contribution in [0.3, 0.4) is 0 Å². The number of benzene rings is 3. The average molecular weight is 465 g/mol. The van der Waals surface area contributed by atoms with Gasteiger partial charge >= 0.3 is 0 Å². The van der Waals surface area contributed by atoms with Gasteiger partial charge in [0.15, 0.2) is 0 Å². The lowest BCUT2D eigenvalue weighted by Gasteiger charge is -2.18. The van der Waals surface area contributed by atoms with Gasteiger partial charge in [0.1, 0.15) is 0 Å². The van der Waals surface area contributed by atoms with E-state index in [9.17, 15) is 0 Å². The highest BCUT2D eigenvalue weighted by Crippen LogP contribution is 2.24. The van der Waals surface area contributed by atoms with Crippen molar-refractivity contribution in [2.24, 2.45) is 0 Å². The highest BCUT2D eigenvalue weighted by molar-refractivity contribution is 6.30. The first-order chi connectivity index (χ1) is 15.0. The fourth-order valence-corrected chi connectivity index (χ4v) is 3.18. The Labute approximate surface area is 209 Å². The maximum absolute atomic E-state index is 5.76. The van der Waals surface area contributed by atoms with Crippen molar-refractivity contribution < 1.29 is 0 Å². The average Bonchev–Trinajstić information content (AvgIpc) is 2.68. The lowest BCUT2D eigenvalue weighted by molar-refractivity contribution is 0.590. The zero-order valence-corrected chi connectivity index (χ0v) is 23.6. The van der Waals surface area contributed by atoms with Gasteiger partial charge in [0.2, 0.25) is 0 Å². The van der Waals surface area contributed by atoms with Crippen LogP contribution in [0.2, 0.25) is 5.02 Å². The molecular formula is C32H45Cl. The van der Waals surface area contributed by atoms with Crippen LogP contribution in [-0.4, -0.2) is 0 Å². The number of rotatable bonds is 0. The highest BCUT2D eigenvalue weighted by Gasteiger charge is 2.13. The molecule has 0 aliphatic rings. The Morgan fingerprint density at radius 1 is 0.394 bits per heavy atom. The Hall–Kier alpha value is -2.05. The third kappa shape index (κ3) is 11.1. The Morgan fingerprint density at radius 2 is 0.606 bits per heavy atom. The number of hydrogen-bond acceptors (Lipinski definition) is 0. The van der Waals surface area contributed by atoms with Crippen LogP contribution in [0.25, 0.3) is 0 Å². The van der Waals surface area contributed by atoms with Gasteiger partial charge in [-0.15, -0.1) is 0 Å². The molecule has 0 radical (unpaired) electrons. The normalized spacial score (nSPS) is 11.6. The van der Waals surface area contributed by atoms with E-state index < -0.39 is 0 Å².